The summed E-state index contributed by atoms with van der Waals surface area (Å²) in [6.07, 6.45) is 7.52. The van der Waals surface area contributed by atoms with Crippen LogP contribution in [0.1, 0.15) is 42.1 Å². The number of carbonyl (C=O) groups is 2. The van der Waals surface area contributed by atoms with Gasteiger partial charge in [0.25, 0.3) is 0 Å². The maximum absolute atomic E-state index is 11.9. The molecule has 1 rings (SSSR count). The normalized spacial score (nSPS) is 9.68. The number of amides is 1. The quantitative estimate of drug-likeness (QED) is 0.602. The summed E-state index contributed by atoms with van der Waals surface area (Å²) >= 11 is 0. The topological polar surface area (TPSA) is 46.2 Å². The Bertz CT molecular complexity index is 469. The minimum Gasteiger partial charge on any atom is -0.345 e. The van der Waals surface area contributed by atoms with Crippen molar-refractivity contribution in [1.82, 2.24) is 5.32 Å². The Morgan fingerprint density at radius 2 is 1.89 bits per heavy atom. The number of nitrogens with one attached hydrogen (secondary N) is 1. The van der Waals surface area contributed by atoms with Gasteiger partial charge in [0.15, 0.2) is 5.78 Å². The zero-order chi connectivity index (χ0) is 14.1. The van der Waals surface area contributed by atoms with E-state index in [-0.39, 0.29) is 31.1 Å². The first-order valence-electron chi connectivity index (χ1n) is 6.49. The van der Waals surface area contributed by atoms with Crippen molar-refractivity contribution in [2.75, 3.05) is 6.54 Å². The first-order valence-corrected chi connectivity index (χ1v) is 6.49. The van der Waals surface area contributed by atoms with Crippen LogP contribution in [0.25, 0.3) is 0 Å². The molecule has 19 heavy (non-hydrogen) atoms. The molecule has 0 spiro atoms. The van der Waals surface area contributed by atoms with Gasteiger partial charge in [-0.2, -0.15) is 0 Å². The van der Waals surface area contributed by atoms with E-state index >= 15 is 0 Å². The number of hydrogen-bond donors (Lipinski definition) is 1. The fourth-order valence-electron chi connectivity index (χ4n) is 1.76. The van der Waals surface area contributed by atoms with Crippen LogP contribution in [0, 0.1) is 12.3 Å². The van der Waals surface area contributed by atoms with Crippen molar-refractivity contribution in [3.8, 4) is 12.3 Å². The van der Waals surface area contributed by atoms with Crippen LogP contribution < -0.4 is 5.32 Å². The number of Topliss-reactive ketones (excluding diaryl/α,β-unsaturated/α-hetero) is 1. The van der Waals surface area contributed by atoms with Crippen molar-refractivity contribution in [2.24, 2.45) is 0 Å². The van der Waals surface area contributed by atoms with Crippen molar-refractivity contribution in [3.05, 3.63) is 35.4 Å². The Labute approximate surface area is 114 Å². The zero-order valence-electron chi connectivity index (χ0n) is 11.2. The number of rotatable bonds is 7. The first-order chi connectivity index (χ1) is 9.17. The average Bonchev–Trinajstić information content (AvgIpc) is 2.43. The summed E-state index contributed by atoms with van der Waals surface area (Å²) in [5.41, 5.74) is 1.88. The lowest BCUT2D eigenvalue weighted by Gasteiger charge is -2.03. The Morgan fingerprint density at radius 3 is 2.47 bits per heavy atom. The number of carbonyl (C=O) groups excluding carboxylic acids is 2. The third-order valence-corrected chi connectivity index (χ3v) is 2.78. The molecule has 0 aliphatic carbocycles. The predicted molar refractivity (Wildman–Crippen MR) is 75.8 cm³/mol. The van der Waals surface area contributed by atoms with Crippen molar-refractivity contribution in [3.63, 3.8) is 0 Å². The number of hydrogen-bond acceptors (Lipinski definition) is 2. The van der Waals surface area contributed by atoms with Crippen molar-refractivity contribution < 1.29 is 9.59 Å². The molecule has 0 fully saturated rings. The monoisotopic (exact) mass is 257 g/mol. The number of ketones is 1. The SMILES string of the molecule is C#CCNC(=O)CCC(=O)c1ccc(CCC)cc1. The molecule has 0 atom stereocenters. The molecular weight excluding hydrogens is 238 g/mol. The second-order valence-corrected chi connectivity index (χ2v) is 4.35. The second-order valence-electron chi connectivity index (χ2n) is 4.35. The first kappa shape index (κ1) is 15.0. The standard InChI is InChI=1S/C16H19NO2/c1-3-5-13-6-8-14(9-7-13)15(18)10-11-16(19)17-12-4-2/h2,6-9H,3,5,10-12H2,1H3,(H,17,19). The van der Waals surface area contributed by atoms with Gasteiger partial charge >= 0.3 is 0 Å². The summed E-state index contributed by atoms with van der Waals surface area (Å²) in [6, 6.07) is 7.59. The molecule has 1 aromatic rings. The summed E-state index contributed by atoms with van der Waals surface area (Å²) < 4.78 is 0. The molecule has 3 heteroatoms. The largest absolute Gasteiger partial charge is 0.345 e. The van der Waals surface area contributed by atoms with E-state index in [0.717, 1.165) is 12.8 Å². The zero-order valence-corrected chi connectivity index (χ0v) is 11.2. The molecule has 1 N–H and O–H groups in total. The van der Waals surface area contributed by atoms with Crippen LogP contribution in [0.2, 0.25) is 0 Å². The predicted octanol–water partition coefficient (Wildman–Crippen LogP) is 2.35. The van der Waals surface area contributed by atoms with Gasteiger partial charge in [-0.15, -0.1) is 6.42 Å². The molecule has 0 aliphatic heterocycles. The molecule has 0 heterocycles. The van der Waals surface area contributed by atoms with Gasteiger partial charge in [-0.1, -0.05) is 43.5 Å². The van der Waals surface area contributed by atoms with Crippen LogP contribution in [-0.4, -0.2) is 18.2 Å². The van der Waals surface area contributed by atoms with E-state index in [1.807, 2.05) is 24.3 Å². The third kappa shape index (κ3) is 5.39. The lowest BCUT2D eigenvalue weighted by Crippen LogP contribution is -2.23. The van der Waals surface area contributed by atoms with E-state index in [4.69, 9.17) is 6.42 Å². The summed E-state index contributed by atoms with van der Waals surface area (Å²) in [4.78, 5) is 23.2. The molecule has 0 aliphatic rings. The fraction of sp³-hybridized carbons (Fsp3) is 0.375. The van der Waals surface area contributed by atoms with Gasteiger partial charge in [-0.3, -0.25) is 9.59 Å². The van der Waals surface area contributed by atoms with Gasteiger partial charge < -0.3 is 5.32 Å². The van der Waals surface area contributed by atoms with Crippen LogP contribution in [-0.2, 0) is 11.2 Å². The minimum atomic E-state index is -0.186. The third-order valence-electron chi connectivity index (χ3n) is 2.78. The van der Waals surface area contributed by atoms with Crippen LogP contribution in [0.15, 0.2) is 24.3 Å². The molecule has 0 radical (unpaired) electrons. The molecule has 0 saturated heterocycles. The lowest BCUT2D eigenvalue weighted by atomic mass is 10.0. The molecule has 1 amide bonds. The molecule has 0 saturated carbocycles. The van der Waals surface area contributed by atoms with Gasteiger partial charge in [0.1, 0.15) is 0 Å². The summed E-state index contributed by atoms with van der Waals surface area (Å²) in [6.45, 7) is 2.33. The fourth-order valence-corrected chi connectivity index (χ4v) is 1.76. The molecule has 3 nitrogen and oxygen atoms in total. The maximum Gasteiger partial charge on any atom is 0.221 e. The molecular formula is C16H19NO2. The lowest BCUT2D eigenvalue weighted by molar-refractivity contribution is -0.120. The minimum absolute atomic E-state index is 0.0149. The van der Waals surface area contributed by atoms with Crippen LogP contribution in [0.4, 0.5) is 0 Å². The highest BCUT2D eigenvalue weighted by Crippen LogP contribution is 2.09. The second kappa shape index (κ2) is 8.10. The van der Waals surface area contributed by atoms with Gasteiger partial charge in [0.05, 0.1) is 6.54 Å². The van der Waals surface area contributed by atoms with E-state index < -0.39 is 0 Å². The Balaban J connectivity index is 2.45. The number of aryl methyl sites for hydroxylation is 1. The van der Waals surface area contributed by atoms with E-state index in [2.05, 4.69) is 18.2 Å². The number of terminal acetylenes is 1. The molecule has 100 valence electrons. The Morgan fingerprint density at radius 1 is 1.21 bits per heavy atom. The van der Waals surface area contributed by atoms with Crippen LogP contribution in [0.5, 0.6) is 0 Å². The summed E-state index contributed by atoms with van der Waals surface area (Å²) in [7, 11) is 0. The van der Waals surface area contributed by atoms with Crippen molar-refractivity contribution in [1.29, 1.82) is 0 Å². The van der Waals surface area contributed by atoms with E-state index in [1.165, 1.54) is 5.56 Å². The molecule has 0 aromatic heterocycles. The van der Waals surface area contributed by atoms with Gasteiger partial charge in [-0.25, -0.2) is 0 Å². The van der Waals surface area contributed by atoms with E-state index in [1.54, 1.807) is 0 Å². The maximum atomic E-state index is 11.9. The number of benzene rings is 1. The molecule has 1 aromatic carbocycles. The van der Waals surface area contributed by atoms with Crippen molar-refractivity contribution in [2.45, 2.75) is 32.6 Å². The smallest absolute Gasteiger partial charge is 0.221 e. The Kier molecular flexibility index (Phi) is 6.38. The van der Waals surface area contributed by atoms with Crippen molar-refractivity contribution >= 4 is 11.7 Å². The average molecular weight is 257 g/mol. The highest BCUT2D eigenvalue weighted by Gasteiger charge is 2.08. The van der Waals surface area contributed by atoms with E-state index in [0.29, 0.717) is 5.56 Å². The van der Waals surface area contributed by atoms with Crippen LogP contribution >= 0.6 is 0 Å². The van der Waals surface area contributed by atoms with Gasteiger partial charge in [0.2, 0.25) is 5.91 Å². The highest BCUT2D eigenvalue weighted by molar-refractivity contribution is 5.97. The van der Waals surface area contributed by atoms with Gasteiger partial charge in [0, 0.05) is 18.4 Å². The summed E-state index contributed by atoms with van der Waals surface area (Å²) in [5, 5.41) is 2.54. The van der Waals surface area contributed by atoms with Gasteiger partial charge in [-0.05, 0) is 12.0 Å². The summed E-state index contributed by atoms with van der Waals surface area (Å²) in [5.74, 6) is 2.12. The Hall–Kier alpha value is -2.08. The van der Waals surface area contributed by atoms with Crippen LogP contribution in [0.3, 0.4) is 0 Å². The molecule has 0 bridgehead atoms. The highest BCUT2D eigenvalue weighted by atomic mass is 16.2. The van der Waals surface area contributed by atoms with E-state index in [9.17, 15) is 9.59 Å². The molecule has 0 unspecified atom stereocenters.